The molecule has 0 aliphatic carbocycles. The van der Waals surface area contributed by atoms with E-state index in [1.807, 2.05) is 31.2 Å². The fourth-order valence-corrected chi connectivity index (χ4v) is 2.24. The lowest BCUT2D eigenvalue weighted by Gasteiger charge is -2.13. The maximum atomic E-state index is 10.6. The number of carbonyl (C=O) groups excluding carboxylic acids is 1. The van der Waals surface area contributed by atoms with Gasteiger partial charge in [-0.15, -0.1) is 0 Å². The molecule has 24 heavy (non-hydrogen) atoms. The van der Waals surface area contributed by atoms with Crippen molar-refractivity contribution < 1.29 is 14.3 Å². The summed E-state index contributed by atoms with van der Waals surface area (Å²) < 4.78 is 11.1. The van der Waals surface area contributed by atoms with Crippen molar-refractivity contribution in [3.8, 4) is 11.5 Å². The Morgan fingerprint density at radius 3 is 2.67 bits per heavy atom. The number of hydrogen-bond donors (Lipinski definition) is 2. The molecule has 126 valence electrons. The van der Waals surface area contributed by atoms with Gasteiger partial charge in [-0.3, -0.25) is 0 Å². The SMILES string of the molecule is COc1cc(C=NNC(N)=O)cc(Cl)c1OCc1ccc(C)cc1. The Labute approximate surface area is 145 Å². The number of carbonyl (C=O) groups is 1. The number of hydrogen-bond acceptors (Lipinski definition) is 4. The van der Waals surface area contributed by atoms with Crippen LogP contribution in [0.5, 0.6) is 11.5 Å². The largest absolute Gasteiger partial charge is 0.493 e. The van der Waals surface area contributed by atoms with Crippen molar-refractivity contribution in [2.75, 3.05) is 7.11 Å². The summed E-state index contributed by atoms with van der Waals surface area (Å²) in [5.41, 5.74) is 9.88. The monoisotopic (exact) mass is 347 g/mol. The summed E-state index contributed by atoms with van der Waals surface area (Å²) in [5.74, 6) is 0.912. The Morgan fingerprint density at radius 2 is 2.04 bits per heavy atom. The molecule has 0 heterocycles. The van der Waals surface area contributed by atoms with Crippen molar-refractivity contribution in [2.45, 2.75) is 13.5 Å². The number of ether oxygens (including phenoxy) is 2. The number of nitrogens with zero attached hydrogens (tertiary/aromatic N) is 1. The molecule has 0 atom stereocenters. The summed E-state index contributed by atoms with van der Waals surface area (Å²) in [4.78, 5) is 10.6. The molecule has 0 fully saturated rings. The van der Waals surface area contributed by atoms with Crippen molar-refractivity contribution in [1.29, 1.82) is 0 Å². The van der Waals surface area contributed by atoms with E-state index >= 15 is 0 Å². The van der Waals surface area contributed by atoms with Gasteiger partial charge >= 0.3 is 6.03 Å². The lowest BCUT2D eigenvalue weighted by atomic mass is 10.1. The third-order valence-electron chi connectivity index (χ3n) is 3.14. The molecule has 0 bridgehead atoms. The second-order valence-electron chi connectivity index (χ2n) is 5.04. The number of rotatable bonds is 6. The number of urea groups is 1. The van der Waals surface area contributed by atoms with E-state index in [4.69, 9.17) is 26.8 Å². The second-order valence-corrected chi connectivity index (χ2v) is 5.45. The summed E-state index contributed by atoms with van der Waals surface area (Å²) in [6, 6.07) is 10.6. The van der Waals surface area contributed by atoms with Crippen molar-refractivity contribution in [3.63, 3.8) is 0 Å². The highest BCUT2D eigenvalue weighted by atomic mass is 35.5. The van der Waals surface area contributed by atoms with Crippen molar-refractivity contribution in [2.24, 2.45) is 10.8 Å². The first-order valence-electron chi connectivity index (χ1n) is 7.14. The number of aryl methyl sites for hydroxylation is 1. The van der Waals surface area contributed by atoms with Crippen molar-refractivity contribution in [1.82, 2.24) is 5.43 Å². The lowest BCUT2D eigenvalue weighted by Crippen LogP contribution is -2.24. The van der Waals surface area contributed by atoms with E-state index in [9.17, 15) is 4.79 Å². The van der Waals surface area contributed by atoms with E-state index in [2.05, 4.69) is 10.5 Å². The molecule has 7 heteroatoms. The molecule has 2 rings (SSSR count). The van der Waals surface area contributed by atoms with Gasteiger partial charge in [-0.2, -0.15) is 5.10 Å². The average molecular weight is 348 g/mol. The number of nitrogens with two attached hydrogens (primary N) is 1. The molecule has 0 saturated carbocycles. The summed E-state index contributed by atoms with van der Waals surface area (Å²) in [6.45, 7) is 2.39. The van der Waals surface area contributed by atoms with Crippen LogP contribution in [0, 0.1) is 6.92 Å². The minimum atomic E-state index is -0.748. The molecule has 2 amide bonds. The van der Waals surface area contributed by atoms with Gasteiger partial charge in [-0.1, -0.05) is 41.4 Å². The smallest absolute Gasteiger partial charge is 0.332 e. The molecular formula is C17H18ClN3O3. The number of amides is 2. The molecular weight excluding hydrogens is 330 g/mol. The summed E-state index contributed by atoms with van der Waals surface area (Å²) in [6.07, 6.45) is 1.41. The minimum absolute atomic E-state index is 0.368. The number of halogens is 1. The van der Waals surface area contributed by atoms with Crippen LogP contribution in [0.25, 0.3) is 0 Å². The van der Waals surface area contributed by atoms with E-state index in [-0.39, 0.29) is 0 Å². The number of hydrazone groups is 1. The van der Waals surface area contributed by atoms with Crippen LogP contribution in [-0.2, 0) is 6.61 Å². The van der Waals surface area contributed by atoms with Gasteiger partial charge in [0.05, 0.1) is 18.3 Å². The zero-order valence-electron chi connectivity index (χ0n) is 13.4. The van der Waals surface area contributed by atoms with E-state index < -0.39 is 6.03 Å². The van der Waals surface area contributed by atoms with Gasteiger partial charge < -0.3 is 15.2 Å². The summed E-state index contributed by atoms with van der Waals surface area (Å²) >= 11 is 6.27. The maximum absolute atomic E-state index is 10.6. The van der Waals surface area contributed by atoms with Gasteiger partial charge in [0, 0.05) is 0 Å². The van der Waals surface area contributed by atoms with Gasteiger partial charge in [-0.05, 0) is 30.2 Å². The van der Waals surface area contributed by atoms with E-state index in [1.54, 1.807) is 12.1 Å². The lowest BCUT2D eigenvalue weighted by molar-refractivity contribution is 0.249. The standard InChI is InChI=1S/C17H18ClN3O3/c1-11-3-5-12(6-4-11)10-24-16-14(18)7-13(8-15(16)23-2)9-20-21-17(19)22/h3-9H,10H2,1-2H3,(H3,19,21,22). The molecule has 2 aromatic rings. The molecule has 0 aliphatic heterocycles. The molecule has 0 spiro atoms. The van der Waals surface area contributed by atoms with Crippen LogP contribution in [-0.4, -0.2) is 19.4 Å². The highest BCUT2D eigenvalue weighted by Crippen LogP contribution is 2.36. The highest BCUT2D eigenvalue weighted by Gasteiger charge is 2.12. The Hall–Kier alpha value is -2.73. The maximum Gasteiger partial charge on any atom is 0.332 e. The predicted octanol–water partition coefficient (Wildman–Crippen LogP) is 3.24. The quantitative estimate of drug-likeness (QED) is 0.621. The molecule has 0 saturated heterocycles. The number of primary amides is 1. The zero-order chi connectivity index (χ0) is 17.5. The highest BCUT2D eigenvalue weighted by molar-refractivity contribution is 6.32. The molecule has 0 radical (unpaired) electrons. The Bertz CT molecular complexity index is 745. The number of methoxy groups -OCH3 is 1. The third kappa shape index (κ3) is 4.89. The van der Waals surface area contributed by atoms with Gasteiger partial charge in [0.15, 0.2) is 11.5 Å². The Morgan fingerprint density at radius 1 is 1.33 bits per heavy atom. The van der Waals surface area contributed by atoms with Gasteiger partial charge in [-0.25, -0.2) is 10.2 Å². The fourth-order valence-electron chi connectivity index (χ4n) is 1.96. The first-order valence-corrected chi connectivity index (χ1v) is 7.52. The van der Waals surface area contributed by atoms with Crippen LogP contribution < -0.4 is 20.6 Å². The normalized spacial score (nSPS) is 10.6. The van der Waals surface area contributed by atoms with Crippen LogP contribution in [0.15, 0.2) is 41.5 Å². The summed E-state index contributed by atoms with van der Waals surface area (Å²) in [7, 11) is 1.52. The van der Waals surface area contributed by atoms with E-state index in [0.717, 1.165) is 5.56 Å². The number of benzene rings is 2. The Balaban J connectivity index is 2.15. The second kappa shape index (κ2) is 8.21. The molecule has 2 aromatic carbocycles. The van der Waals surface area contributed by atoms with Crippen LogP contribution in [0.3, 0.4) is 0 Å². The third-order valence-corrected chi connectivity index (χ3v) is 3.42. The number of nitrogens with one attached hydrogen (secondary N) is 1. The van der Waals surface area contributed by atoms with Crippen LogP contribution in [0.1, 0.15) is 16.7 Å². The van der Waals surface area contributed by atoms with Gasteiger partial charge in [0.1, 0.15) is 6.61 Å². The first-order chi connectivity index (χ1) is 11.5. The van der Waals surface area contributed by atoms with Crippen LogP contribution in [0.4, 0.5) is 4.79 Å². The molecule has 3 N–H and O–H groups in total. The van der Waals surface area contributed by atoms with Gasteiger partial charge in [0.25, 0.3) is 0 Å². The summed E-state index contributed by atoms with van der Waals surface area (Å²) in [5, 5.41) is 4.06. The van der Waals surface area contributed by atoms with Crippen molar-refractivity contribution in [3.05, 3.63) is 58.1 Å². The van der Waals surface area contributed by atoms with Gasteiger partial charge in [0.2, 0.25) is 0 Å². The first kappa shape index (κ1) is 17.6. The topological polar surface area (TPSA) is 85.9 Å². The fraction of sp³-hybridized carbons (Fsp3) is 0.176. The molecule has 0 unspecified atom stereocenters. The molecule has 6 nitrogen and oxygen atoms in total. The minimum Gasteiger partial charge on any atom is -0.493 e. The molecule has 0 aromatic heterocycles. The Kier molecular flexibility index (Phi) is 6.03. The van der Waals surface area contributed by atoms with E-state index in [1.165, 1.54) is 18.9 Å². The molecule has 0 aliphatic rings. The predicted molar refractivity (Wildman–Crippen MR) is 93.8 cm³/mol. The van der Waals surface area contributed by atoms with E-state index in [0.29, 0.717) is 28.7 Å². The van der Waals surface area contributed by atoms with Crippen LogP contribution in [0.2, 0.25) is 5.02 Å². The van der Waals surface area contributed by atoms with Crippen LogP contribution >= 0.6 is 11.6 Å². The van der Waals surface area contributed by atoms with Crippen molar-refractivity contribution >= 4 is 23.8 Å². The average Bonchev–Trinajstić information content (AvgIpc) is 2.54. The zero-order valence-corrected chi connectivity index (χ0v) is 14.1.